The second-order valence-electron chi connectivity index (χ2n) is 5.29. The monoisotopic (exact) mass is 359 g/mol. The van der Waals surface area contributed by atoms with Gasteiger partial charge in [-0.05, 0) is 25.1 Å². The van der Waals surface area contributed by atoms with Gasteiger partial charge in [0.2, 0.25) is 0 Å². The maximum atomic E-state index is 12.7. The topological polar surface area (TPSA) is 103 Å². The average molecular weight is 359 g/mol. The highest BCUT2D eigenvalue weighted by Gasteiger charge is 2.18. The number of ether oxygens (including phenoxy) is 2. The Labute approximate surface area is 151 Å². The Balaban J connectivity index is 2.30. The molecule has 8 heteroatoms. The molecule has 138 valence electrons. The normalized spacial score (nSPS) is 10.2. The van der Waals surface area contributed by atoms with Gasteiger partial charge in [-0.2, -0.15) is 0 Å². The molecule has 0 aromatic heterocycles. The van der Waals surface area contributed by atoms with Crippen LogP contribution in [0.2, 0.25) is 0 Å². The minimum atomic E-state index is -0.538. The fourth-order valence-corrected chi connectivity index (χ4v) is 2.32. The van der Waals surface area contributed by atoms with Crippen LogP contribution in [-0.2, 0) is 4.74 Å². The van der Waals surface area contributed by atoms with Gasteiger partial charge in [0.05, 0.1) is 29.4 Å². The van der Waals surface area contributed by atoms with E-state index in [1.54, 1.807) is 31.4 Å². The van der Waals surface area contributed by atoms with Crippen molar-refractivity contribution in [2.24, 2.45) is 0 Å². The molecule has 26 heavy (non-hydrogen) atoms. The highest BCUT2D eigenvalue weighted by Crippen LogP contribution is 2.27. The van der Waals surface area contributed by atoms with E-state index in [0.29, 0.717) is 36.9 Å². The molecule has 0 radical (unpaired) electrons. The number of nitrogens with zero attached hydrogens (tertiary/aromatic N) is 1. The third kappa shape index (κ3) is 4.93. The molecule has 0 unspecified atom stereocenters. The fraction of sp³-hybridized carbons (Fsp3) is 0.278. The van der Waals surface area contributed by atoms with Crippen LogP contribution in [0.3, 0.4) is 0 Å². The lowest BCUT2D eigenvalue weighted by Gasteiger charge is -2.14. The summed E-state index contributed by atoms with van der Waals surface area (Å²) in [7, 11) is 1.57. The fourth-order valence-electron chi connectivity index (χ4n) is 2.32. The molecule has 1 amide bonds. The number of non-ortho nitro benzene ring substituents is 1. The summed E-state index contributed by atoms with van der Waals surface area (Å²) in [5.41, 5.74) is 0.986. The summed E-state index contributed by atoms with van der Waals surface area (Å²) in [4.78, 5) is 23.3. The Morgan fingerprint density at radius 2 is 1.96 bits per heavy atom. The number of hydrogen-bond acceptors (Lipinski definition) is 6. The summed E-state index contributed by atoms with van der Waals surface area (Å²) in [5, 5.41) is 16.9. The maximum absolute atomic E-state index is 12.7. The summed E-state index contributed by atoms with van der Waals surface area (Å²) in [6, 6.07) is 11.1. The molecule has 0 heterocycles. The number of para-hydroxylation sites is 2. The van der Waals surface area contributed by atoms with Gasteiger partial charge in [-0.15, -0.1) is 0 Å². The van der Waals surface area contributed by atoms with Gasteiger partial charge in [0.1, 0.15) is 5.75 Å². The number of nitro groups is 1. The largest absolute Gasteiger partial charge is 0.492 e. The first-order valence-corrected chi connectivity index (χ1v) is 8.11. The first kappa shape index (κ1) is 19.2. The standard InChI is InChI=1S/C18H21N3O5/c1-3-26-17-7-5-4-6-16(17)20-18(22)14-12-13(21(23)24)8-9-15(14)19-10-11-25-2/h4-9,12,19H,3,10-11H2,1-2H3,(H,20,22). The number of nitrogens with one attached hydrogen (secondary N) is 2. The molecule has 0 saturated heterocycles. The molecule has 2 rings (SSSR count). The zero-order chi connectivity index (χ0) is 18.9. The number of hydrogen-bond donors (Lipinski definition) is 2. The zero-order valence-corrected chi connectivity index (χ0v) is 14.7. The second kappa shape index (κ2) is 9.38. The van der Waals surface area contributed by atoms with Crippen LogP contribution in [0.1, 0.15) is 17.3 Å². The summed E-state index contributed by atoms with van der Waals surface area (Å²) in [6.45, 7) is 3.19. The number of methoxy groups -OCH3 is 1. The molecule has 0 fully saturated rings. The first-order chi connectivity index (χ1) is 12.6. The van der Waals surface area contributed by atoms with Crippen molar-refractivity contribution < 1.29 is 19.2 Å². The Morgan fingerprint density at radius 3 is 2.65 bits per heavy atom. The second-order valence-corrected chi connectivity index (χ2v) is 5.29. The van der Waals surface area contributed by atoms with Gasteiger partial charge in [0, 0.05) is 31.5 Å². The molecule has 2 aromatic rings. The van der Waals surface area contributed by atoms with E-state index < -0.39 is 10.8 Å². The van der Waals surface area contributed by atoms with E-state index in [9.17, 15) is 14.9 Å². The SMILES string of the molecule is CCOc1ccccc1NC(=O)c1cc([N+](=O)[O-])ccc1NCCOC. The van der Waals surface area contributed by atoms with Gasteiger partial charge < -0.3 is 20.1 Å². The Kier molecular flexibility index (Phi) is 6.92. The highest BCUT2D eigenvalue weighted by atomic mass is 16.6. The maximum Gasteiger partial charge on any atom is 0.270 e. The molecule has 0 aliphatic heterocycles. The molecule has 0 aliphatic rings. The molecular formula is C18H21N3O5. The number of anilines is 2. The van der Waals surface area contributed by atoms with Gasteiger partial charge in [-0.25, -0.2) is 0 Å². The van der Waals surface area contributed by atoms with Crippen molar-refractivity contribution in [2.75, 3.05) is 37.5 Å². The van der Waals surface area contributed by atoms with E-state index in [4.69, 9.17) is 9.47 Å². The Hall–Kier alpha value is -3.13. The predicted molar refractivity (Wildman–Crippen MR) is 99.0 cm³/mol. The summed E-state index contributed by atoms with van der Waals surface area (Å²) in [5.74, 6) is 0.0587. The lowest BCUT2D eigenvalue weighted by atomic mass is 10.1. The quantitative estimate of drug-likeness (QED) is 0.404. The van der Waals surface area contributed by atoms with Crippen LogP contribution in [0, 0.1) is 10.1 Å². The molecule has 0 bridgehead atoms. The van der Waals surface area contributed by atoms with Gasteiger partial charge in [-0.1, -0.05) is 12.1 Å². The number of amides is 1. The average Bonchev–Trinajstić information content (AvgIpc) is 2.63. The Bertz CT molecular complexity index is 779. The van der Waals surface area contributed by atoms with Crippen molar-refractivity contribution in [3.05, 3.63) is 58.1 Å². The van der Waals surface area contributed by atoms with E-state index in [2.05, 4.69) is 10.6 Å². The van der Waals surface area contributed by atoms with Crippen LogP contribution < -0.4 is 15.4 Å². The number of carbonyl (C=O) groups is 1. The number of carbonyl (C=O) groups excluding carboxylic acids is 1. The summed E-state index contributed by atoms with van der Waals surface area (Å²) >= 11 is 0. The van der Waals surface area contributed by atoms with E-state index in [1.807, 2.05) is 6.92 Å². The van der Waals surface area contributed by atoms with Crippen LogP contribution in [0.25, 0.3) is 0 Å². The molecular weight excluding hydrogens is 338 g/mol. The van der Waals surface area contributed by atoms with Crippen LogP contribution in [-0.4, -0.2) is 37.7 Å². The van der Waals surface area contributed by atoms with Crippen molar-refractivity contribution in [3.8, 4) is 5.75 Å². The van der Waals surface area contributed by atoms with Crippen LogP contribution >= 0.6 is 0 Å². The van der Waals surface area contributed by atoms with Gasteiger partial charge >= 0.3 is 0 Å². The van der Waals surface area contributed by atoms with E-state index in [1.165, 1.54) is 18.2 Å². The molecule has 2 aromatic carbocycles. The number of benzene rings is 2. The minimum Gasteiger partial charge on any atom is -0.492 e. The van der Waals surface area contributed by atoms with E-state index in [-0.39, 0.29) is 11.3 Å². The molecule has 0 aliphatic carbocycles. The zero-order valence-electron chi connectivity index (χ0n) is 14.7. The Morgan fingerprint density at radius 1 is 1.19 bits per heavy atom. The summed E-state index contributed by atoms with van der Waals surface area (Å²) in [6.07, 6.45) is 0. The van der Waals surface area contributed by atoms with Crippen LogP contribution in [0.15, 0.2) is 42.5 Å². The number of nitro benzene ring substituents is 1. The molecule has 8 nitrogen and oxygen atoms in total. The van der Waals surface area contributed by atoms with Gasteiger partial charge in [0.25, 0.3) is 11.6 Å². The van der Waals surface area contributed by atoms with Crippen LogP contribution in [0.4, 0.5) is 17.1 Å². The lowest BCUT2D eigenvalue weighted by molar-refractivity contribution is -0.384. The van der Waals surface area contributed by atoms with Gasteiger partial charge in [-0.3, -0.25) is 14.9 Å². The molecule has 0 saturated carbocycles. The lowest BCUT2D eigenvalue weighted by Crippen LogP contribution is -2.17. The molecule has 2 N–H and O–H groups in total. The van der Waals surface area contributed by atoms with Crippen molar-refractivity contribution >= 4 is 23.0 Å². The minimum absolute atomic E-state index is 0.162. The third-order valence-corrected chi connectivity index (χ3v) is 3.52. The van der Waals surface area contributed by atoms with Crippen molar-refractivity contribution in [2.45, 2.75) is 6.92 Å². The van der Waals surface area contributed by atoms with Crippen molar-refractivity contribution in [3.63, 3.8) is 0 Å². The summed E-state index contributed by atoms with van der Waals surface area (Å²) < 4.78 is 10.5. The van der Waals surface area contributed by atoms with Crippen molar-refractivity contribution in [1.82, 2.24) is 0 Å². The van der Waals surface area contributed by atoms with E-state index >= 15 is 0 Å². The van der Waals surface area contributed by atoms with E-state index in [0.717, 1.165) is 0 Å². The predicted octanol–water partition coefficient (Wildman–Crippen LogP) is 3.30. The van der Waals surface area contributed by atoms with Gasteiger partial charge in [0.15, 0.2) is 0 Å². The highest BCUT2D eigenvalue weighted by molar-refractivity contribution is 6.09. The molecule has 0 spiro atoms. The molecule has 0 atom stereocenters. The first-order valence-electron chi connectivity index (χ1n) is 8.11. The van der Waals surface area contributed by atoms with Crippen LogP contribution in [0.5, 0.6) is 5.75 Å². The smallest absolute Gasteiger partial charge is 0.270 e. The van der Waals surface area contributed by atoms with Crippen molar-refractivity contribution in [1.29, 1.82) is 0 Å². The number of rotatable bonds is 9. The third-order valence-electron chi connectivity index (χ3n) is 3.52.